The predicted molar refractivity (Wildman–Crippen MR) is 66.9 cm³/mol. The Balaban J connectivity index is 2.91. The molecule has 0 unspecified atom stereocenters. The van der Waals surface area contributed by atoms with Gasteiger partial charge >= 0.3 is 0 Å². The van der Waals surface area contributed by atoms with E-state index in [1.165, 1.54) is 0 Å². The van der Waals surface area contributed by atoms with Crippen molar-refractivity contribution in [2.45, 2.75) is 13.8 Å². The van der Waals surface area contributed by atoms with Crippen LogP contribution in [0.4, 0.5) is 5.82 Å². The maximum atomic E-state index is 11.0. The number of carbonyl (C=O) groups excluding carboxylic acids is 1. The van der Waals surface area contributed by atoms with Crippen molar-refractivity contribution in [2.75, 3.05) is 31.7 Å². The number of halogens is 1. The third-order valence-electron chi connectivity index (χ3n) is 2.25. The van der Waals surface area contributed by atoms with E-state index in [4.69, 9.17) is 16.3 Å². The summed E-state index contributed by atoms with van der Waals surface area (Å²) >= 11 is 5.90. The number of aldehydes is 1. The lowest BCUT2D eigenvalue weighted by molar-refractivity contribution is 0.112. The zero-order chi connectivity index (χ0) is 12.8. The van der Waals surface area contributed by atoms with Crippen LogP contribution in [-0.2, 0) is 4.74 Å². The summed E-state index contributed by atoms with van der Waals surface area (Å²) < 4.78 is 5.25. The molecule has 0 aliphatic heterocycles. The van der Waals surface area contributed by atoms with Gasteiger partial charge in [-0.2, -0.15) is 0 Å². The molecule has 94 valence electrons. The first-order valence-electron chi connectivity index (χ1n) is 5.38. The average molecular weight is 258 g/mol. The molecular formula is C11H16ClN3O2. The van der Waals surface area contributed by atoms with Gasteiger partial charge in [0.05, 0.1) is 12.2 Å². The smallest absolute Gasteiger partial charge is 0.156 e. The number of hydrogen-bond donors (Lipinski definition) is 0. The number of aromatic nitrogens is 2. The molecule has 0 fully saturated rings. The maximum Gasteiger partial charge on any atom is 0.156 e. The molecule has 0 spiro atoms. The van der Waals surface area contributed by atoms with Crippen molar-refractivity contribution in [3.63, 3.8) is 0 Å². The Labute approximate surface area is 106 Å². The number of aryl methyl sites for hydroxylation is 1. The largest absolute Gasteiger partial charge is 0.380 e. The van der Waals surface area contributed by atoms with Crippen molar-refractivity contribution >= 4 is 23.7 Å². The van der Waals surface area contributed by atoms with E-state index in [0.717, 1.165) is 0 Å². The van der Waals surface area contributed by atoms with E-state index in [1.54, 1.807) is 6.92 Å². The molecule has 0 saturated heterocycles. The Hall–Kier alpha value is -1.20. The number of likely N-dealkylation sites (N-methyl/N-ethyl adjacent to an activating group) is 1. The molecular weight excluding hydrogens is 242 g/mol. The topological polar surface area (TPSA) is 55.3 Å². The molecule has 6 heteroatoms. The molecule has 1 heterocycles. The summed E-state index contributed by atoms with van der Waals surface area (Å²) in [7, 11) is 1.84. The molecule has 0 amide bonds. The van der Waals surface area contributed by atoms with Gasteiger partial charge in [-0.25, -0.2) is 9.97 Å². The summed E-state index contributed by atoms with van der Waals surface area (Å²) in [5, 5.41) is 0.186. The van der Waals surface area contributed by atoms with Gasteiger partial charge in [0.15, 0.2) is 6.29 Å². The Bertz CT molecular complexity index is 399. The summed E-state index contributed by atoms with van der Waals surface area (Å²) in [6.45, 7) is 5.55. The van der Waals surface area contributed by atoms with Crippen molar-refractivity contribution in [2.24, 2.45) is 0 Å². The minimum atomic E-state index is 0.186. The van der Waals surface area contributed by atoms with E-state index in [2.05, 4.69) is 9.97 Å². The Morgan fingerprint density at radius 1 is 1.47 bits per heavy atom. The van der Waals surface area contributed by atoms with Crippen LogP contribution in [0.15, 0.2) is 0 Å². The van der Waals surface area contributed by atoms with Gasteiger partial charge in [0.25, 0.3) is 0 Å². The first-order valence-corrected chi connectivity index (χ1v) is 5.76. The van der Waals surface area contributed by atoms with Crippen molar-refractivity contribution in [3.05, 3.63) is 16.5 Å². The van der Waals surface area contributed by atoms with Crippen molar-refractivity contribution in [1.29, 1.82) is 0 Å². The van der Waals surface area contributed by atoms with Crippen LogP contribution < -0.4 is 4.90 Å². The first-order chi connectivity index (χ1) is 8.10. The minimum Gasteiger partial charge on any atom is -0.380 e. The Morgan fingerprint density at radius 3 is 2.76 bits per heavy atom. The van der Waals surface area contributed by atoms with Crippen LogP contribution in [0.25, 0.3) is 0 Å². The second kappa shape index (κ2) is 6.51. The monoisotopic (exact) mass is 257 g/mol. The van der Waals surface area contributed by atoms with Crippen LogP contribution in [-0.4, -0.2) is 43.1 Å². The predicted octanol–water partition coefficient (Wildman–Crippen LogP) is 1.72. The molecule has 0 aromatic carbocycles. The number of hydrogen-bond acceptors (Lipinski definition) is 5. The van der Waals surface area contributed by atoms with E-state index in [9.17, 15) is 4.79 Å². The zero-order valence-electron chi connectivity index (χ0n) is 10.2. The average Bonchev–Trinajstić information content (AvgIpc) is 2.28. The number of ether oxygens (including phenoxy) is 1. The van der Waals surface area contributed by atoms with Crippen molar-refractivity contribution < 1.29 is 9.53 Å². The lowest BCUT2D eigenvalue weighted by atomic mass is 10.3. The molecule has 0 N–H and O–H groups in total. The molecule has 1 rings (SSSR count). The summed E-state index contributed by atoms with van der Waals surface area (Å²) in [5.41, 5.74) is 0.316. The maximum absolute atomic E-state index is 11.0. The lowest BCUT2D eigenvalue weighted by Crippen LogP contribution is -2.25. The zero-order valence-corrected chi connectivity index (χ0v) is 11.0. The highest BCUT2D eigenvalue weighted by molar-refractivity contribution is 6.32. The fourth-order valence-corrected chi connectivity index (χ4v) is 1.63. The molecule has 17 heavy (non-hydrogen) atoms. The summed E-state index contributed by atoms with van der Waals surface area (Å²) in [6.07, 6.45) is 0.675. The van der Waals surface area contributed by atoms with E-state index >= 15 is 0 Å². The van der Waals surface area contributed by atoms with Gasteiger partial charge in [0, 0.05) is 20.2 Å². The van der Waals surface area contributed by atoms with Crippen LogP contribution in [0, 0.1) is 6.92 Å². The molecule has 1 aromatic rings. The second-order valence-corrected chi connectivity index (χ2v) is 3.89. The standard InChI is InChI=1S/C11H16ClN3O2/c1-4-17-6-5-15(3)11-9(7-16)10(12)13-8(2)14-11/h7H,4-6H2,1-3H3. The highest BCUT2D eigenvalue weighted by Crippen LogP contribution is 2.21. The van der Waals surface area contributed by atoms with Gasteiger partial charge in [0.1, 0.15) is 16.8 Å². The quantitative estimate of drug-likeness (QED) is 0.441. The van der Waals surface area contributed by atoms with Crippen LogP contribution in [0.5, 0.6) is 0 Å². The summed E-state index contributed by atoms with van der Waals surface area (Å²) in [4.78, 5) is 21.0. The molecule has 0 aliphatic rings. The van der Waals surface area contributed by atoms with E-state index < -0.39 is 0 Å². The van der Waals surface area contributed by atoms with Gasteiger partial charge in [-0.15, -0.1) is 0 Å². The van der Waals surface area contributed by atoms with Gasteiger partial charge in [-0.05, 0) is 13.8 Å². The fourth-order valence-electron chi connectivity index (χ4n) is 1.38. The van der Waals surface area contributed by atoms with Crippen LogP contribution in [0.2, 0.25) is 5.15 Å². The molecule has 0 bridgehead atoms. The van der Waals surface area contributed by atoms with Crippen molar-refractivity contribution in [1.82, 2.24) is 9.97 Å². The number of anilines is 1. The number of carbonyl (C=O) groups is 1. The van der Waals surface area contributed by atoms with Gasteiger partial charge in [-0.1, -0.05) is 11.6 Å². The van der Waals surface area contributed by atoms with Crippen LogP contribution >= 0.6 is 11.6 Å². The lowest BCUT2D eigenvalue weighted by Gasteiger charge is -2.20. The molecule has 5 nitrogen and oxygen atoms in total. The molecule has 1 aromatic heterocycles. The first kappa shape index (κ1) is 13.9. The Kier molecular flexibility index (Phi) is 5.31. The van der Waals surface area contributed by atoms with Crippen LogP contribution in [0.1, 0.15) is 23.1 Å². The fraction of sp³-hybridized carbons (Fsp3) is 0.545. The molecule has 0 saturated carbocycles. The SMILES string of the molecule is CCOCCN(C)c1nc(C)nc(Cl)c1C=O. The minimum absolute atomic E-state index is 0.186. The summed E-state index contributed by atoms with van der Waals surface area (Å²) in [5.74, 6) is 1.08. The molecule has 0 aliphatic carbocycles. The Morgan fingerprint density at radius 2 is 2.18 bits per heavy atom. The van der Waals surface area contributed by atoms with Gasteiger partial charge in [0.2, 0.25) is 0 Å². The van der Waals surface area contributed by atoms with Crippen LogP contribution in [0.3, 0.4) is 0 Å². The van der Waals surface area contributed by atoms with Crippen molar-refractivity contribution in [3.8, 4) is 0 Å². The molecule has 0 radical (unpaired) electrons. The normalized spacial score (nSPS) is 10.4. The highest BCUT2D eigenvalue weighted by Gasteiger charge is 2.14. The molecule has 0 atom stereocenters. The van der Waals surface area contributed by atoms with Gasteiger partial charge < -0.3 is 9.64 Å². The van der Waals surface area contributed by atoms with E-state index in [-0.39, 0.29) is 5.15 Å². The number of rotatable bonds is 6. The second-order valence-electron chi connectivity index (χ2n) is 3.54. The highest BCUT2D eigenvalue weighted by atomic mass is 35.5. The summed E-state index contributed by atoms with van der Waals surface area (Å²) in [6, 6.07) is 0. The third kappa shape index (κ3) is 3.64. The van der Waals surface area contributed by atoms with E-state index in [0.29, 0.717) is 43.3 Å². The number of nitrogens with zero attached hydrogens (tertiary/aromatic N) is 3. The van der Waals surface area contributed by atoms with E-state index in [1.807, 2.05) is 18.9 Å². The third-order valence-corrected chi connectivity index (χ3v) is 2.53. The van der Waals surface area contributed by atoms with Gasteiger partial charge in [-0.3, -0.25) is 4.79 Å².